The summed E-state index contributed by atoms with van der Waals surface area (Å²) in [6, 6.07) is 0.592. The second-order valence-corrected chi connectivity index (χ2v) is 6.31. The minimum atomic E-state index is 0.312. The molecule has 3 heteroatoms. The summed E-state index contributed by atoms with van der Waals surface area (Å²) in [5, 5.41) is 3.36. The standard InChI is InChI=1S/C15H26N2O/c18-15(13-7-9-16-10-8-13)17-11-3-5-12-4-1-2-6-14(12)17/h12-14,16H,1-11H2. The first-order valence-electron chi connectivity index (χ1n) is 7.87. The Bertz CT molecular complexity index is 297. The maximum atomic E-state index is 12.7. The van der Waals surface area contributed by atoms with Crippen LogP contribution in [-0.2, 0) is 4.79 Å². The summed E-state index contributed by atoms with van der Waals surface area (Å²) < 4.78 is 0. The normalized spacial score (nSPS) is 34.1. The van der Waals surface area contributed by atoms with Crippen molar-refractivity contribution in [3.63, 3.8) is 0 Å². The molecule has 0 bridgehead atoms. The third kappa shape index (κ3) is 2.42. The van der Waals surface area contributed by atoms with Gasteiger partial charge in [0.1, 0.15) is 0 Å². The summed E-state index contributed by atoms with van der Waals surface area (Å²) in [6.07, 6.45) is 10.0. The number of likely N-dealkylation sites (tertiary alicyclic amines) is 1. The lowest BCUT2D eigenvalue weighted by molar-refractivity contribution is -0.142. The summed E-state index contributed by atoms with van der Waals surface area (Å²) >= 11 is 0. The topological polar surface area (TPSA) is 32.3 Å². The van der Waals surface area contributed by atoms with Gasteiger partial charge < -0.3 is 10.2 Å². The molecule has 2 aliphatic heterocycles. The molecule has 0 aromatic carbocycles. The van der Waals surface area contributed by atoms with Crippen molar-refractivity contribution in [1.82, 2.24) is 10.2 Å². The van der Waals surface area contributed by atoms with Crippen molar-refractivity contribution in [3.8, 4) is 0 Å². The van der Waals surface area contributed by atoms with Crippen LogP contribution in [0.1, 0.15) is 51.4 Å². The van der Waals surface area contributed by atoms with Crippen molar-refractivity contribution in [2.75, 3.05) is 19.6 Å². The molecule has 3 aliphatic rings. The van der Waals surface area contributed by atoms with Crippen LogP contribution >= 0.6 is 0 Å². The summed E-state index contributed by atoms with van der Waals surface area (Å²) in [6.45, 7) is 3.08. The highest BCUT2D eigenvalue weighted by atomic mass is 16.2. The molecule has 2 atom stereocenters. The number of hydrogen-bond donors (Lipinski definition) is 1. The molecule has 102 valence electrons. The Balaban J connectivity index is 1.67. The molecule has 0 aromatic rings. The maximum absolute atomic E-state index is 12.7. The summed E-state index contributed by atoms with van der Waals surface area (Å²) in [7, 11) is 0. The fourth-order valence-electron chi connectivity index (χ4n) is 4.20. The number of amides is 1. The lowest BCUT2D eigenvalue weighted by atomic mass is 9.77. The fraction of sp³-hybridized carbons (Fsp3) is 0.933. The predicted octanol–water partition coefficient (Wildman–Crippen LogP) is 2.17. The Morgan fingerprint density at radius 3 is 2.50 bits per heavy atom. The van der Waals surface area contributed by atoms with E-state index in [1.165, 1.54) is 38.5 Å². The van der Waals surface area contributed by atoms with Crippen LogP contribution in [0.25, 0.3) is 0 Å². The first-order chi connectivity index (χ1) is 8.86. The molecule has 3 fully saturated rings. The molecule has 3 nitrogen and oxygen atoms in total. The molecule has 1 saturated carbocycles. The van der Waals surface area contributed by atoms with E-state index >= 15 is 0 Å². The Morgan fingerprint density at radius 2 is 1.67 bits per heavy atom. The van der Waals surface area contributed by atoms with Crippen LogP contribution in [0.2, 0.25) is 0 Å². The summed E-state index contributed by atoms with van der Waals surface area (Å²) in [4.78, 5) is 15.0. The smallest absolute Gasteiger partial charge is 0.226 e. The van der Waals surface area contributed by atoms with E-state index in [0.29, 0.717) is 17.9 Å². The molecule has 3 rings (SSSR count). The van der Waals surface area contributed by atoms with Gasteiger partial charge in [-0.2, -0.15) is 0 Å². The zero-order chi connectivity index (χ0) is 12.4. The molecule has 2 unspecified atom stereocenters. The number of carbonyl (C=O) groups excluding carboxylic acids is 1. The van der Waals surface area contributed by atoms with Crippen LogP contribution in [0.15, 0.2) is 0 Å². The van der Waals surface area contributed by atoms with Gasteiger partial charge in [-0.1, -0.05) is 12.8 Å². The maximum Gasteiger partial charge on any atom is 0.226 e. The lowest BCUT2D eigenvalue weighted by Gasteiger charge is -2.45. The van der Waals surface area contributed by atoms with Crippen LogP contribution < -0.4 is 5.32 Å². The molecular formula is C15H26N2O. The van der Waals surface area contributed by atoms with E-state index in [4.69, 9.17) is 0 Å². The summed E-state index contributed by atoms with van der Waals surface area (Å²) in [5.74, 6) is 1.61. The van der Waals surface area contributed by atoms with E-state index in [9.17, 15) is 4.79 Å². The number of carbonyl (C=O) groups is 1. The lowest BCUT2D eigenvalue weighted by Crippen LogP contribution is -2.52. The first-order valence-corrected chi connectivity index (χ1v) is 7.87. The molecular weight excluding hydrogens is 224 g/mol. The van der Waals surface area contributed by atoms with E-state index < -0.39 is 0 Å². The number of hydrogen-bond acceptors (Lipinski definition) is 2. The van der Waals surface area contributed by atoms with Crippen molar-refractivity contribution in [3.05, 3.63) is 0 Å². The van der Waals surface area contributed by atoms with Gasteiger partial charge in [-0.05, 0) is 57.5 Å². The quantitative estimate of drug-likeness (QED) is 0.773. The van der Waals surface area contributed by atoms with Gasteiger partial charge in [0.25, 0.3) is 0 Å². The van der Waals surface area contributed by atoms with Crippen molar-refractivity contribution in [1.29, 1.82) is 0 Å². The minimum Gasteiger partial charge on any atom is -0.339 e. The molecule has 18 heavy (non-hydrogen) atoms. The zero-order valence-corrected chi connectivity index (χ0v) is 11.4. The van der Waals surface area contributed by atoms with Gasteiger partial charge in [-0.25, -0.2) is 0 Å². The fourth-order valence-corrected chi connectivity index (χ4v) is 4.20. The number of rotatable bonds is 1. The highest BCUT2D eigenvalue weighted by Gasteiger charge is 2.37. The van der Waals surface area contributed by atoms with Crippen LogP contribution in [0.4, 0.5) is 0 Å². The molecule has 0 spiro atoms. The molecule has 0 aromatic heterocycles. The van der Waals surface area contributed by atoms with Gasteiger partial charge in [-0.3, -0.25) is 4.79 Å². The van der Waals surface area contributed by atoms with Crippen LogP contribution in [0.3, 0.4) is 0 Å². The predicted molar refractivity (Wildman–Crippen MR) is 72.3 cm³/mol. The van der Waals surface area contributed by atoms with Gasteiger partial charge in [-0.15, -0.1) is 0 Å². The second-order valence-electron chi connectivity index (χ2n) is 6.31. The summed E-state index contributed by atoms with van der Waals surface area (Å²) in [5.41, 5.74) is 0. The average Bonchev–Trinajstić information content (AvgIpc) is 2.47. The van der Waals surface area contributed by atoms with E-state index in [0.717, 1.165) is 38.4 Å². The van der Waals surface area contributed by atoms with Crippen LogP contribution in [-0.4, -0.2) is 36.5 Å². The van der Waals surface area contributed by atoms with E-state index in [2.05, 4.69) is 10.2 Å². The number of nitrogens with one attached hydrogen (secondary N) is 1. The average molecular weight is 250 g/mol. The van der Waals surface area contributed by atoms with Crippen molar-refractivity contribution in [2.24, 2.45) is 11.8 Å². The van der Waals surface area contributed by atoms with Gasteiger partial charge in [0.05, 0.1) is 0 Å². The van der Waals surface area contributed by atoms with E-state index in [1.807, 2.05) is 0 Å². The molecule has 1 N–H and O–H groups in total. The molecule has 2 heterocycles. The molecule has 0 radical (unpaired) electrons. The third-order valence-electron chi connectivity index (χ3n) is 5.21. The molecule has 1 amide bonds. The molecule has 2 saturated heterocycles. The Labute approximate surface area is 110 Å². The largest absolute Gasteiger partial charge is 0.339 e. The van der Waals surface area contributed by atoms with Crippen molar-refractivity contribution >= 4 is 5.91 Å². The van der Waals surface area contributed by atoms with Crippen LogP contribution in [0, 0.1) is 11.8 Å². The highest BCUT2D eigenvalue weighted by molar-refractivity contribution is 5.79. The monoisotopic (exact) mass is 250 g/mol. The Morgan fingerprint density at radius 1 is 0.944 bits per heavy atom. The minimum absolute atomic E-state index is 0.312. The van der Waals surface area contributed by atoms with Crippen molar-refractivity contribution in [2.45, 2.75) is 57.4 Å². The Hall–Kier alpha value is -0.570. The molecule has 1 aliphatic carbocycles. The highest BCUT2D eigenvalue weighted by Crippen LogP contribution is 2.36. The van der Waals surface area contributed by atoms with Crippen molar-refractivity contribution < 1.29 is 4.79 Å². The zero-order valence-electron chi connectivity index (χ0n) is 11.4. The van der Waals surface area contributed by atoms with E-state index in [1.54, 1.807) is 0 Å². The number of piperidine rings is 2. The number of fused-ring (bicyclic) bond motifs is 1. The van der Waals surface area contributed by atoms with Gasteiger partial charge in [0, 0.05) is 18.5 Å². The van der Waals surface area contributed by atoms with Gasteiger partial charge >= 0.3 is 0 Å². The third-order valence-corrected chi connectivity index (χ3v) is 5.21. The van der Waals surface area contributed by atoms with E-state index in [-0.39, 0.29) is 0 Å². The Kier molecular flexibility index (Phi) is 3.88. The SMILES string of the molecule is O=C(C1CCNCC1)N1CCCC2CCCCC21. The first kappa shape index (κ1) is 12.5. The number of nitrogens with zero attached hydrogens (tertiary/aromatic N) is 1. The van der Waals surface area contributed by atoms with Gasteiger partial charge in [0.2, 0.25) is 5.91 Å². The second kappa shape index (κ2) is 5.60. The van der Waals surface area contributed by atoms with Crippen LogP contribution in [0.5, 0.6) is 0 Å². The van der Waals surface area contributed by atoms with Gasteiger partial charge in [0.15, 0.2) is 0 Å².